The van der Waals surface area contributed by atoms with Crippen molar-refractivity contribution >= 4 is 5.97 Å². The molecule has 0 fully saturated rings. The highest BCUT2D eigenvalue weighted by atomic mass is 16.5. The molecule has 0 unspecified atom stereocenters. The molecule has 0 radical (unpaired) electrons. The summed E-state index contributed by atoms with van der Waals surface area (Å²) < 4.78 is 5.42. The van der Waals surface area contributed by atoms with E-state index in [2.05, 4.69) is 49.2 Å². The Labute approximate surface area is 184 Å². The minimum Gasteiger partial charge on any atom is -0.457 e. The van der Waals surface area contributed by atoms with Gasteiger partial charge >= 0.3 is 5.97 Å². The van der Waals surface area contributed by atoms with Gasteiger partial charge < -0.3 is 10.1 Å². The van der Waals surface area contributed by atoms with Gasteiger partial charge in [0, 0.05) is 24.2 Å². The summed E-state index contributed by atoms with van der Waals surface area (Å²) in [5.41, 5.74) is 7.38. The second-order valence-corrected chi connectivity index (χ2v) is 7.58. The summed E-state index contributed by atoms with van der Waals surface area (Å²) in [6.45, 7) is 5.99. The number of hydrogen-bond acceptors (Lipinski definition) is 3. The molecule has 0 aromatic heterocycles. The van der Waals surface area contributed by atoms with Gasteiger partial charge in [0.05, 0.1) is 5.56 Å². The summed E-state index contributed by atoms with van der Waals surface area (Å²) in [5, 5.41) is 3.47. The standard InChI is InChI=1S/C28H25NO2/c1-5-22-14-23(6-2)16-27(15-22)28(30)31-19-25-9-7-24(8-10-25)17-29-18-26-12-20(3)11-21(4)13-26/h1-2,7-16,29H,17-19H2,3-4H3. The van der Waals surface area contributed by atoms with Crippen molar-refractivity contribution in [2.24, 2.45) is 0 Å². The summed E-state index contributed by atoms with van der Waals surface area (Å²) in [6.07, 6.45) is 10.9. The molecule has 0 saturated heterocycles. The Bertz CT molecular complexity index is 1110. The first-order chi connectivity index (χ1) is 15.0. The van der Waals surface area contributed by atoms with E-state index in [0.717, 1.165) is 18.7 Å². The van der Waals surface area contributed by atoms with E-state index in [9.17, 15) is 4.79 Å². The summed E-state index contributed by atoms with van der Waals surface area (Å²) in [4.78, 5) is 12.4. The Morgan fingerprint density at radius 1 is 0.806 bits per heavy atom. The molecule has 0 bridgehead atoms. The normalized spacial score (nSPS) is 10.2. The number of terminal acetylenes is 2. The molecule has 0 aliphatic rings. The van der Waals surface area contributed by atoms with Gasteiger partial charge in [-0.15, -0.1) is 12.8 Å². The van der Waals surface area contributed by atoms with E-state index in [0.29, 0.717) is 16.7 Å². The van der Waals surface area contributed by atoms with Crippen molar-refractivity contribution < 1.29 is 9.53 Å². The fourth-order valence-electron chi connectivity index (χ4n) is 3.42. The van der Waals surface area contributed by atoms with Crippen LogP contribution < -0.4 is 5.32 Å². The topological polar surface area (TPSA) is 38.3 Å². The van der Waals surface area contributed by atoms with Crippen LogP contribution in [-0.4, -0.2) is 5.97 Å². The fraction of sp³-hybridized carbons (Fsp3) is 0.179. The van der Waals surface area contributed by atoms with Crippen molar-refractivity contribution in [2.75, 3.05) is 0 Å². The van der Waals surface area contributed by atoms with Gasteiger partial charge in [-0.25, -0.2) is 4.79 Å². The van der Waals surface area contributed by atoms with E-state index in [-0.39, 0.29) is 6.61 Å². The molecule has 0 aliphatic carbocycles. The molecule has 1 N–H and O–H groups in total. The number of carbonyl (C=O) groups is 1. The number of ether oxygens (including phenoxy) is 1. The third-order valence-electron chi connectivity index (χ3n) is 4.83. The SMILES string of the molecule is C#Cc1cc(C#C)cc(C(=O)OCc2ccc(CNCc3cc(C)cc(C)c3)cc2)c1. The van der Waals surface area contributed by atoms with E-state index in [1.165, 1.54) is 22.3 Å². The molecule has 0 spiro atoms. The Morgan fingerprint density at radius 2 is 1.35 bits per heavy atom. The molecule has 0 atom stereocenters. The quantitative estimate of drug-likeness (QED) is 0.447. The number of nitrogens with one attached hydrogen (secondary N) is 1. The Kier molecular flexibility index (Phi) is 7.28. The minimum absolute atomic E-state index is 0.181. The number of esters is 1. The van der Waals surface area contributed by atoms with Crippen molar-refractivity contribution in [1.82, 2.24) is 5.32 Å². The average Bonchev–Trinajstić information content (AvgIpc) is 2.77. The monoisotopic (exact) mass is 407 g/mol. The van der Waals surface area contributed by atoms with Gasteiger partial charge in [0.2, 0.25) is 0 Å². The number of rotatable bonds is 7. The largest absolute Gasteiger partial charge is 0.457 e. The van der Waals surface area contributed by atoms with Crippen LogP contribution in [0.3, 0.4) is 0 Å². The molecule has 3 rings (SSSR count). The van der Waals surface area contributed by atoms with Crippen LogP contribution in [0.25, 0.3) is 0 Å². The lowest BCUT2D eigenvalue weighted by atomic mass is 10.1. The molecule has 0 heterocycles. The van der Waals surface area contributed by atoms with Crippen LogP contribution in [0.2, 0.25) is 0 Å². The van der Waals surface area contributed by atoms with Crippen LogP contribution >= 0.6 is 0 Å². The molecule has 0 aliphatic heterocycles. The summed E-state index contributed by atoms with van der Waals surface area (Å²) in [7, 11) is 0. The minimum atomic E-state index is -0.451. The average molecular weight is 408 g/mol. The molecule has 0 amide bonds. The highest BCUT2D eigenvalue weighted by Gasteiger charge is 2.10. The van der Waals surface area contributed by atoms with Crippen LogP contribution in [0.5, 0.6) is 0 Å². The maximum Gasteiger partial charge on any atom is 0.338 e. The maximum absolute atomic E-state index is 12.4. The van der Waals surface area contributed by atoms with Gasteiger partial charge in [-0.05, 0) is 48.7 Å². The fourth-order valence-corrected chi connectivity index (χ4v) is 3.42. The molecule has 31 heavy (non-hydrogen) atoms. The van der Waals surface area contributed by atoms with Crippen molar-refractivity contribution in [3.8, 4) is 24.7 Å². The molecule has 0 saturated carbocycles. The van der Waals surface area contributed by atoms with Crippen molar-refractivity contribution in [2.45, 2.75) is 33.5 Å². The number of aryl methyl sites for hydroxylation is 2. The van der Waals surface area contributed by atoms with Crippen molar-refractivity contribution in [1.29, 1.82) is 0 Å². The highest BCUT2D eigenvalue weighted by molar-refractivity contribution is 5.90. The second-order valence-electron chi connectivity index (χ2n) is 7.58. The number of carbonyl (C=O) groups excluding carboxylic acids is 1. The lowest BCUT2D eigenvalue weighted by Crippen LogP contribution is -2.13. The first kappa shape index (κ1) is 21.9. The van der Waals surface area contributed by atoms with Crippen molar-refractivity contribution in [3.63, 3.8) is 0 Å². The molecular formula is C28H25NO2. The van der Waals surface area contributed by atoms with E-state index in [1.807, 2.05) is 24.3 Å². The van der Waals surface area contributed by atoms with Gasteiger partial charge in [0.15, 0.2) is 0 Å². The van der Waals surface area contributed by atoms with Crippen LogP contribution in [-0.2, 0) is 24.4 Å². The Balaban J connectivity index is 1.52. The molecular weight excluding hydrogens is 382 g/mol. The zero-order chi connectivity index (χ0) is 22.2. The Morgan fingerprint density at radius 3 is 1.94 bits per heavy atom. The predicted octanol–water partition coefficient (Wildman–Crippen LogP) is 4.91. The van der Waals surface area contributed by atoms with Gasteiger partial charge in [-0.3, -0.25) is 0 Å². The molecule has 154 valence electrons. The molecule has 3 heteroatoms. The summed E-state index contributed by atoms with van der Waals surface area (Å²) in [5.74, 6) is 4.55. The van der Waals surface area contributed by atoms with Gasteiger partial charge in [-0.1, -0.05) is 65.4 Å². The van der Waals surface area contributed by atoms with E-state index in [4.69, 9.17) is 17.6 Å². The first-order valence-electron chi connectivity index (χ1n) is 10.1. The molecule has 3 aromatic carbocycles. The van der Waals surface area contributed by atoms with Crippen molar-refractivity contribution in [3.05, 3.63) is 105 Å². The number of hydrogen-bond donors (Lipinski definition) is 1. The van der Waals surface area contributed by atoms with Gasteiger partial charge in [-0.2, -0.15) is 0 Å². The molecule has 3 nitrogen and oxygen atoms in total. The highest BCUT2D eigenvalue weighted by Crippen LogP contribution is 2.13. The third kappa shape index (κ3) is 6.34. The third-order valence-corrected chi connectivity index (χ3v) is 4.83. The summed E-state index contributed by atoms with van der Waals surface area (Å²) in [6, 6.07) is 19.5. The zero-order valence-corrected chi connectivity index (χ0v) is 17.9. The van der Waals surface area contributed by atoms with Gasteiger partial charge in [0.25, 0.3) is 0 Å². The summed E-state index contributed by atoms with van der Waals surface area (Å²) >= 11 is 0. The number of benzene rings is 3. The predicted molar refractivity (Wildman–Crippen MR) is 124 cm³/mol. The van der Waals surface area contributed by atoms with E-state index in [1.54, 1.807) is 18.2 Å². The van der Waals surface area contributed by atoms with Crippen LogP contribution in [0.1, 0.15) is 49.3 Å². The lowest BCUT2D eigenvalue weighted by Gasteiger charge is -2.09. The van der Waals surface area contributed by atoms with E-state index < -0.39 is 5.97 Å². The van der Waals surface area contributed by atoms with Crippen LogP contribution in [0.4, 0.5) is 0 Å². The lowest BCUT2D eigenvalue weighted by molar-refractivity contribution is 0.0472. The first-order valence-corrected chi connectivity index (χ1v) is 10.1. The van der Waals surface area contributed by atoms with Gasteiger partial charge in [0.1, 0.15) is 6.61 Å². The smallest absolute Gasteiger partial charge is 0.338 e. The zero-order valence-electron chi connectivity index (χ0n) is 17.9. The Hall–Kier alpha value is -3.79. The van der Waals surface area contributed by atoms with Crippen LogP contribution in [0.15, 0.2) is 60.7 Å². The van der Waals surface area contributed by atoms with Crippen LogP contribution in [0, 0.1) is 38.5 Å². The second kappa shape index (κ2) is 10.3. The maximum atomic E-state index is 12.4. The molecule has 3 aromatic rings. The van der Waals surface area contributed by atoms with E-state index >= 15 is 0 Å².